The molecule has 0 saturated heterocycles. The van der Waals surface area contributed by atoms with Crippen LogP contribution < -0.4 is 15.2 Å². The van der Waals surface area contributed by atoms with Gasteiger partial charge in [-0.2, -0.15) is 0 Å². The fraction of sp³-hybridized carbons (Fsp3) is 0.267. The number of ether oxygens (including phenoxy) is 2. The van der Waals surface area contributed by atoms with Crippen molar-refractivity contribution in [3.05, 3.63) is 48.2 Å². The van der Waals surface area contributed by atoms with Gasteiger partial charge in [0, 0.05) is 29.6 Å². The lowest BCUT2D eigenvalue weighted by atomic mass is 10.1. The second-order valence-corrected chi connectivity index (χ2v) is 5.23. The minimum atomic E-state index is -0.122. The van der Waals surface area contributed by atoms with Crippen LogP contribution in [0.1, 0.15) is 11.6 Å². The third-order valence-electron chi connectivity index (χ3n) is 2.89. The van der Waals surface area contributed by atoms with E-state index in [1.165, 1.54) is 0 Å². The molecule has 106 valence electrons. The van der Waals surface area contributed by atoms with Crippen LogP contribution in [0, 0.1) is 0 Å². The average Bonchev–Trinajstić information content (AvgIpc) is 2.52. The maximum atomic E-state index is 6.24. The second-order valence-electron chi connectivity index (χ2n) is 4.19. The Morgan fingerprint density at radius 3 is 2.70 bits per heavy atom. The number of thioether (sulfide) groups is 1. The van der Waals surface area contributed by atoms with Gasteiger partial charge in [-0.1, -0.05) is 12.1 Å². The smallest absolute Gasteiger partial charge is 0.127 e. The van der Waals surface area contributed by atoms with Crippen molar-refractivity contribution in [2.75, 3.05) is 20.0 Å². The van der Waals surface area contributed by atoms with Gasteiger partial charge in [-0.3, -0.25) is 0 Å². The Balaban J connectivity index is 2.07. The summed E-state index contributed by atoms with van der Waals surface area (Å²) in [5.41, 5.74) is 7.21. The lowest BCUT2D eigenvalue weighted by Gasteiger charge is -2.16. The number of aromatic nitrogens is 1. The minimum absolute atomic E-state index is 0.122. The van der Waals surface area contributed by atoms with Crippen molar-refractivity contribution >= 4 is 11.8 Å². The summed E-state index contributed by atoms with van der Waals surface area (Å²) < 4.78 is 10.6. The van der Waals surface area contributed by atoms with Crippen molar-refractivity contribution in [1.82, 2.24) is 4.98 Å². The highest BCUT2D eigenvalue weighted by Gasteiger charge is 2.13. The lowest BCUT2D eigenvalue weighted by Crippen LogP contribution is -2.14. The number of benzene rings is 1. The van der Waals surface area contributed by atoms with Crippen LogP contribution in [-0.2, 0) is 0 Å². The summed E-state index contributed by atoms with van der Waals surface area (Å²) in [6.07, 6.45) is 1.78. The average molecular weight is 290 g/mol. The molecule has 2 N–H and O–H groups in total. The molecule has 0 aliphatic heterocycles. The van der Waals surface area contributed by atoms with Crippen LogP contribution >= 0.6 is 11.8 Å². The van der Waals surface area contributed by atoms with Crippen molar-refractivity contribution in [2.24, 2.45) is 5.73 Å². The molecule has 0 aliphatic carbocycles. The second kappa shape index (κ2) is 7.17. The molecule has 1 aromatic carbocycles. The first-order valence-corrected chi connectivity index (χ1v) is 7.24. The first kappa shape index (κ1) is 14.7. The molecule has 0 saturated carbocycles. The van der Waals surface area contributed by atoms with E-state index in [2.05, 4.69) is 4.98 Å². The van der Waals surface area contributed by atoms with Gasteiger partial charge in [0.1, 0.15) is 11.5 Å². The quantitative estimate of drug-likeness (QED) is 0.829. The maximum Gasteiger partial charge on any atom is 0.127 e. The van der Waals surface area contributed by atoms with E-state index in [0.29, 0.717) is 0 Å². The molecule has 2 aromatic rings. The Kier molecular flexibility index (Phi) is 5.26. The lowest BCUT2D eigenvalue weighted by molar-refractivity contribution is 0.389. The van der Waals surface area contributed by atoms with Gasteiger partial charge >= 0.3 is 0 Å². The van der Waals surface area contributed by atoms with E-state index in [4.69, 9.17) is 15.2 Å². The zero-order valence-corrected chi connectivity index (χ0v) is 12.4. The third kappa shape index (κ3) is 3.65. The van der Waals surface area contributed by atoms with E-state index in [9.17, 15) is 0 Å². The number of hydrogen-bond acceptors (Lipinski definition) is 5. The summed E-state index contributed by atoms with van der Waals surface area (Å²) in [7, 11) is 3.27. The molecule has 0 aliphatic rings. The summed E-state index contributed by atoms with van der Waals surface area (Å²) in [4.78, 5) is 4.27. The van der Waals surface area contributed by atoms with Crippen LogP contribution in [-0.4, -0.2) is 25.0 Å². The Labute approximate surface area is 123 Å². The first-order chi connectivity index (χ1) is 9.74. The Morgan fingerprint density at radius 1 is 1.20 bits per heavy atom. The molecule has 4 nitrogen and oxygen atoms in total. The zero-order chi connectivity index (χ0) is 14.4. The number of rotatable bonds is 6. The molecular weight excluding hydrogens is 272 g/mol. The fourth-order valence-electron chi connectivity index (χ4n) is 1.82. The van der Waals surface area contributed by atoms with E-state index < -0.39 is 0 Å². The topological polar surface area (TPSA) is 57.4 Å². The van der Waals surface area contributed by atoms with Crippen molar-refractivity contribution in [3.8, 4) is 11.5 Å². The number of hydrogen-bond donors (Lipinski definition) is 1. The summed E-state index contributed by atoms with van der Waals surface area (Å²) in [6.45, 7) is 0. The molecule has 0 bridgehead atoms. The maximum absolute atomic E-state index is 6.24. The largest absolute Gasteiger partial charge is 0.497 e. The SMILES string of the molecule is COc1ccc(C(N)CSc2ccccn2)c(OC)c1. The van der Waals surface area contributed by atoms with E-state index in [1.54, 1.807) is 32.2 Å². The van der Waals surface area contributed by atoms with Gasteiger partial charge < -0.3 is 15.2 Å². The molecule has 0 radical (unpaired) electrons. The van der Waals surface area contributed by atoms with Crippen LogP contribution in [0.3, 0.4) is 0 Å². The van der Waals surface area contributed by atoms with Crippen LogP contribution in [0.4, 0.5) is 0 Å². The molecule has 2 rings (SSSR count). The molecule has 1 heterocycles. The number of methoxy groups -OCH3 is 2. The molecule has 0 amide bonds. The third-order valence-corrected chi connectivity index (χ3v) is 3.95. The summed E-state index contributed by atoms with van der Waals surface area (Å²) in [5.74, 6) is 2.24. The number of nitrogens with two attached hydrogens (primary N) is 1. The first-order valence-electron chi connectivity index (χ1n) is 6.26. The van der Waals surface area contributed by atoms with E-state index in [0.717, 1.165) is 27.8 Å². The molecule has 0 spiro atoms. The van der Waals surface area contributed by atoms with Gasteiger partial charge in [0.2, 0.25) is 0 Å². The number of nitrogens with zero attached hydrogens (tertiary/aromatic N) is 1. The Hall–Kier alpha value is -1.72. The summed E-state index contributed by atoms with van der Waals surface area (Å²) >= 11 is 1.63. The fourth-order valence-corrected chi connectivity index (χ4v) is 2.66. The van der Waals surface area contributed by atoms with Gasteiger partial charge in [0.05, 0.1) is 19.2 Å². The zero-order valence-electron chi connectivity index (χ0n) is 11.6. The van der Waals surface area contributed by atoms with Gasteiger partial charge in [0.15, 0.2) is 0 Å². The monoisotopic (exact) mass is 290 g/mol. The molecule has 0 fully saturated rings. The van der Waals surface area contributed by atoms with Crippen molar-refractivity contribution < 1.29 is 9.47 Å². The van der Waals surface area contributed by atoms with E-state index in [-0.39, 0.29) is 6.04 Å². The molecule has 20 heavy (non-hydrogen) atoms. The van der Waals surface area contributed by atoms with E-state index >= 15 is 0 Å². The highest BCUT2D eigenvalue weighted by molar-refractivity contribution is 7.99. The van der Waals surface area contributed by atoms with Crippen molar-refractivity contribution in [3.63, 3.8) is 0 Å². The molecule has 1 aromatic heterocycles. The van der Waals surface area contributed by atoms with Crippen molar-refractivity contribution in [1.29, 1.82) is 0 Å². The summed E-state index contributed by atoms with van der Waals surface area (Å²) in [5, 5.41) is 0.968. The Bertz CT molecular complexity index is 549. The molecule has 1 unspecified atom stereocenters. The number of pyridine rings is 1. The van der Waals surface area contributed by atoms with Crippen LogP contribution in [0.15, 0.2) is 47.6 Å². The van der Waals surface area contributed by atoms with Gasteiger partial charge in [-0.15, -0.1) is 11.8 Å². The predicted octanol–water partition coefficient (Wildman–Crippen LogP) is 2.89. The van der Waals surface area contributed by atoms with Crippen LogP contribution in [0.25, 0.3) is 0 Å². The van der Waals surface area contributed by atoms with Crippen LogP contribution in [0.2, 0.25) is 0 Å². The minimum Gasteiger partial charge on any atom is -0.497 e. The predicted molar refractivity (Wildman–Crippen MR) is 81.4 cm³/mol. The molecule has 1 atom stereocenters. The molecular formula is C15H18N2O2S. The Morgan fingerprint density at radius 2 is 2.05 bits per heavy atom. The van der Waals surface area contributed by atoms with Crippen molar-refractivity contribution in [2.45, 2.75) is 11.1 Å². The molecule has 5 heteroatoms. The summed E-state index contributed by atoms with van der Waals surface area (Å²) in [6, 6.07) is 11.4. The standard InChI is InChI=1S/C15H18N2O2S/c1-18-11-6-7-12(14(9-11)19-2)13(16)10-20-15-5-3-4-8-17-15/h3-9,13H,10,16H2,1-2H3. The van der Waals surface area contributed by atoms with Gasteiger partial charge in [-0.05, 0) is 18.2 Å². The van der Waals surface area contributed by atoms with Gasteiger partial charge in [-0.25, -0.2) is 4.98 Å². The van der Waals surface area contributed by atoms with Crippen LogP contribution in [0.5, 0.6) is 11.5 Å². The van der Waals surface area contributed by atoms with E-state index in [1.807, 2.05) is 36.4 Å². The highest BCUT2D eigenvalue weighted by atomic mass is 32.2. The normalized spacial score (nSPS) is 11.9. The highest BCUT2D eigenvalue weighted by Crippen LogP contribution is 2.31. The van der Waals surface area contributed by atoms with Gasteiger partial charge in [0.25, 0.3) is 0 Å².